The monoisotopic (exact) mass is 100 g/mol. The van der Waals surface area contributed by atoms with Crippen LogP contribution in [0.1, 0.15) is 6.42 Å². The highest BCUT2D eigenvalue weighted by molar-refractivity contribution is 5.51. The van der Waals surface area contributed by atoms with Gasteiger partial charge in [-0.25, -0.2) is 0 Å². The van der Waals surface area contributed by atoms with Crippen LogP contribution in [0.25, 0.3) is 0 Å². The minimum atomic E-state index is 0.438. The number of rotatable bonds is 3. The predicted octanol–water partition coefficient (Wildman–Crippen LogP) is 0.736. The zero-order valence-corrected chi connectivity index (χ0v) is 4.26. The van der Waals surface area contributed by atoms with E-state index >= 15 is 0 Å². The van der Waals surface area contributed by atoms with Crippen molar-refractivity contribution in [2.45, 2.75) is 6.42 Å². The van der Waals surface area contributed by atoms with E-state index < -0.39 is 0 Å². The molecular weight excluding hydrogens is 92.1 g/mol. The van der Waals surface area contributed by atoms with Gasteiger partial charge in [0.1, 0.15) is 6.29 Å². The van der Waals surface area contributed by atoms with Gasteiger partial charge in [0.05, 0.1) is 13.4 Å². The number of methoxy groups -OCH3 is 1. The van der Waals surface area contributed by atoms with Crippen LogP contribution in [0.5, 0.6) is 0 Å². The highest BCUT2D eigenvalue weighted by Gasteiger charge is 1.66. The van der Waals surface area contributed by atoms with Gasteiger partial charge in [-0.3, -0.25) is 0 Å². The Labute approximate surface area is 42.8 Å². The molecule has 0 bridgehead atoms. The molecule has 0 aromatic carbocycles. The molecule has 0 aliphatic rings. The van der Waals surface area contributed by atoms with E-state index in [-0.39, 0.29) is 0 Å². The molecule has 40 valence electrons. The van der Waals surface area contributed by atoms with E-state index in [1.807, 2.05) is 0 Å². The summed E-state index contributed by atoms with van der Waals surface area (Å²) < 4.78 is 4.50. The molecule has 0 aliphatic heterocycles. The number of carbonyl (C=O) groups is 1. The van der Waals surface area contributed by atoms with Gasteiger partial charge in [0.15, 0.2) is 0 Å². The van der Waals surface area contributed by atoms with Crippen LogP contribution in [0, 0.1) is 0 Å². The molecule has 2 heteroatoms. The fourth-order valence-corrected chi connectivity index (χ4v) is 0.207. The molecule has 0 aliphatic carbocycles. The Balaban J connectivity index is 2.92. The molecule has 0 heterocycles. The van der Waals surface area contributed by atoms with Gasteiger partial charge >= 0.3 is 0 Å². The third kappa shape index (κ3) is 5.21. The van der Waals surface area contributed by atoms with Gasteiger partial charge in [0.25, 0.3) is 0 Å². The van der Waals surface area contributed by atoms with Crippen LogP contribution >= 0.6 is 0 Å². The first-order valence-corrected chi connectivity index (χ1v) is 2.03. The smallest absolute Gasteiger partial charge is 0.123 e. The lowest BCUT2D eigenvalue weighted by molar-refractivity contribution is -0.107. The van der Waals surface area contributed by atoms with Gasteiger partial charge in [0.2, 0.25) is 0 Å². The predicted molar refractivity (Wildman–Crippen MR) is 26.8 cm³/mol. The van der Waals surface area contributed by atoms with E-state index in [1.54, 1.807) is 13.2 Å². The molecule has 0 aromatic rings. The number of ether oxygens (including phenoxy) is 1. The summed E-state index contributed by atoms with van der Waals surface area (Å²) in [6.45, 7) is 0. The summed E-state index contributed by atoms with van der Waals surface area (Å²) in [5.74, 6) is 0. The lowest BCUT2D eigenvalue weighted by atomic mass is 10.5. The molecular formula is C5H8O2. The van der Waals surface area contributed by atoms with Crippen molar-refractivity contribution in [3.05, 3.63) is 12.3 Å². The molecule has 0 N–H and O–H groups in total. The standard InChI is InChI=1S/C5H8O2/c1-7-5-3-2-4-6/h3-5H,2H2,1H3. The van der Waals surface area contributed by atoms with Crippen molar-refractivity contribution in [1.29, 1.82) is 0 Å². The van der Waals surface area contributed by atoms with Gasteiger partial charge < -0.3 is 9.53 Å². The van der Waals surface area contributed by atoms with Crippen molar-refractivity contribution in [3.63, 3.8) is 0 Å². The molecule has 0 saturated heterocycles. The average molecular weight is 100 g/mol. The summed E-state index contributed by atoms with van der Waals surface area (Å²) in [4.78, 5) is 9.57. The van der Waals surface area contributed by atoms with Crippen LogP contribution in [0.15, 0.2) is 12.3 Å². The Kier molecular flexibility index (Phi) is 4.62. The second-order valence-electron chi connectivity index (χ2n) is 1.01. The van der Waals surface area contributed by atoms with Gasteiger partial charge in [-0.15, -0.1) is 0 Å². The molecule has 0 aromatic heterocycles. The van der Waals surface area contributed by atoms with Crippen LogP contribution in [0.4, 0.5) is 0 Å². The molecule has 0 saturated carbocycles. The molecule has 0 amide bonds. The third-order valence-corrected chi connectivity index (χ3v) is 0.465. The molecule has 0 atom stereocenters. The highest BCUT2D eigenvalue weighted by Crippen LogP contribution is 1.74. The largest absolute Gasteiger partial charge is 0.505 e. The zero-order valence-electron chi connectivity index (χ0n) is 4.26. The van der Waals surface area contributed by atoms with Gasteiger partial charge in [-0.05, 0) is 6.08 Å². The lowest BCUT2D eigenvalue weighted by Crippen LogP contribution is -1.67. The molecule has 0 unspecified atom stereocenters. The summed E-state index contributed by atoms with van der Waals surface area (Å²) >= 11 is 0. The normalized spacial score (nSPS) is 9.29. The van der Waals surface area contributed by atoms with Crippen LogP contribution in [-0.2, 0) is 9.53 Å². The van der Waals surface area contributed by atoms with Gasteiger partial charge in [-0.2, -0.15) is 0 Å². The molecule has 7 heavy (non-hydrogen) atoms. The summed E-state index contributed by atoms with van der Waals surface area (Å²) in [5.41, 5.74) is 0. The molecule has 0 rings (SSSR count). The quantitative estimate of drug-likeness (QED) is 0.386. The molecule has 2 nitrogen and oxygen atoms in total. The van der Waals surface area contributed by atoms with Crippen molar-refractivity contribution in [2.75, 3.05) is 7.11 Å². The first-order chi connectivity index (χ1) is 3.41. The topological polar surface area (TPSA) is 26.3 Å². The Morgan fingerprint density at radius 3 is 2.86 bits per heavy atom. The SMILES string of the molecule is COC=CCC=O. The summed E-state index contributed by atoms with van der Waals surface area (Å²) in [6.07, 6.45) is 4.38. The van der Waals surface area contributed by atoms with Gasteiger partial charge in [-0.1, -0.05) is 0 Å². The highest BCUT2D eigenvalue weighted by atomic mass is 16.5. The van der Waals surface area contributed by atoms with E-state index in [9.17, 15) is 4.79 Å². The van der Waals surface area contributed by atoms with E-state index in [0.29, 0.717) is 6.42 Å². The van der Waals surface area contributed by atoms with E-state index in [4.69, 9.17) is 0 Å². The van der Waals surface area contributed by atoms with E-state index in [2.05, 4.69) is 4.74 Å². The summed E-state index contributed by atoms with van der Waals surface area (Å²) in [5, 5.41) is 0. The first-order valence-electron chi connectivity index (χ1n) is 2.03. The van der Waals surface area contributed by atoms with E-state index in [1.165, 1.54) is 6.26 Å². The van der Waals surface area contributed by atoms with Crippen molar-refractivity contribution in [1.82, 2.24) is 0 Å². The molecule has 0 fully saturated rings. The van der Waals surface area contributed by atoms with Crippen molar-refractivity contribution < 1.29 is 9.53 Å². The fourth-order valence-electron chi connectivity index (χ4n) is 0.207. The van der Waals surface area contributed by atoms with Crippen molar-refractivity contribution in [3.8, 4) is 0 Å². The summed E-state index contributed by atoms with van der Waals surface area (Å²) in [6, 6.07) is 0. The second kappa shape index (κ2) is 5.21. The van der Waals surface area contributed by atoms with Gasteiger partial charge in [0, 0.05) is 6.42 Å². The third-order valence-electron chi connectivity index (χ3n) is 0.465. The van der Waals surface area contributed by atoms with Crippen molar-refractivity contribution >= 4 is 6.29 Å². The molecule has 0 spiro atoms. The van der Waals surface area contributed by atoms with Crippen LogP contribution in [-0.4, -0.2) is 13.4 Å². The number of aldehydes is 1. The Morgan fingerprint density at radius 2 is 2.43 bits per heavy atom. The lowest BCUT2D eigenvalue weighted by Gasteiger charge is -1.79. The fraction of sp³-hybridized carbons (Fsp3) is 0.400. The maximum Gasteiger partial charge on any atom is 0.123 e. The maximum absolute atomic E-state index is 9.57. The summed E-state index contributed by atoms with van der Waals surface area (Å²) in [7, 11) is 1.54. The minimum absolute atomic E-state index is 0.438. The van der Waals surface area contributed by atoms with Crippen LogP contribution < -0.4 is 0 Å². The van der Waals surface area contributed by atoms with Crippen molar-refractivity contribution in [2.24, 2.45) is 0 Å². The van der Waals surface area contributed by atoms with Crippen LogP contribution in [0.3, 0.4) is 0 Å². The molecule has 0 radical (unpaired) electrons. The number of hydrogen-bond donors (Lipinski definition) is 0. The Hall–Kier alpha value is -0.790. The first kappa shape index (κ1) is 6.21. The zero-order chi connectivity index (χ0) is 5.54. The number of carbonyl (C=O) groups excluding carboxylic acids is 1. The minimum Gasteiger partial charge on any atom is -0.505 e. The van der Waals surface area contributed by atoms with E-state index in [0.717, 1.165) is 6.29 Å². The maximum atomic E-state index is 9.57. The number of allylic oxidation sites excluding steroid dienone is 1. The average Bonchev–Trinajstić information content (AvgIpc) is 1.69. The second-order valence-corrected chi connectivity index (χ2v) is 1.01. The number of hydrogen-bond acceptors (Lipinski definition) is 2. The Bertz CT molecular complexity index is 66.5. The Morgan fingerprint density at radius 1 is 1.71 bits per heavy atom. The van der Waals surface area contributed by atoms with Crippen LogP contribution in [0.2, 0.25) is 0 Å².